The number of anilines is 1. The van der Waals surface area contributed by atoms with Crippen LogP contribution in [-0.2, 0) is 4.79 Å². The quantitative estimate of drug-likeness (QED) is 0.314. The van der Waals surface area contributed by atoms with E-state index in [1.807, 2.05) is 30.3 Å². The molecule has 4 N–H and O–H groups in total. The molecule has 0 aliphatic heterocycles. The number of rotatable bonds is 9. The Bertz CT molecular complexity index is 357. The Hall–Kier alpha value is -1.43. The Morgan fingerprint density at radius 2 is 1.79 bits per heavy atom. The fraction of sp³-hybridized carbons (Fsp3) is 0.500. The normalized spacial score (nSPS) is 12.1. The largest absolute Gasteiger partial charge is 0.377 e. The maximum atomic E-state index is 11.6. The fourth-order valence-electron chi connectivity index (χ4n) is 1.79. The van der Waals surface area contributed by atoms with Gasteiger partial charge in [-0.1, -0.05) is 31.0 Å². The molecular formula is C14H22N2O3. The third-order valence-corrected chi connectivity index (χ3v) is 2.84. The van der Waals surface area contributed by atoms with Gasteiger partial charge in [0.2, 0.25) is 5.91 Å². The van der Waals surface area contributed by atoms with Crippen LogP contribution in [-0.4, -0.2) is 22.4 Å². The van der Waals surface area contributed by atoms with Crippen molar-refractivity contribution in [2.24, 2.45) is 0 Å². The number of amides is 1. The number of carbonyl (C=O) groups is 1. The smallest absolute Gasteiger partial charge is 0.224 e. The standard InChI is InChI=1S/C14H22N2O3/c17-13(15-12-8-4-3-5-9-12)10-6-1-2-7-11-14(18)16-19/h3-5,8-9,14,16,18-19H,1-2,6-7,10-11H2,(H,15,17). The van der Waals surface area contributed by atoms with Crippen molar-refractivity contribution >= 4 is 11.6 Å². The number of hydroxylamine groups is 1. The summed E-state index contributed by atoms with van der Waals surface area (Å²) in [5, 5.41) is 20.3. The molecule has 0 spiro atoms. The van der Waals surface area contributed by atoms with Crippen LogP contribution >= 0.6 is 0 Å². The molecule has 0 saturated heterocycles. The zero-order valence-electron chi connectivity index (χ0n) is 11.0. The van der Waals surface area contributed by atoms with Crippen LogP contribution in [0.5, 0.6) is 0 Å². The number of hydrogen-bond donors (Lipinski definition) is 4. The first-order chi connectivity index (χ1) is 9.22. The van der Waals surface area contributed by atoms with E-state index in [4.69, 9.17) is 10.3 Å². The van der Waals surface area contributed by atoms with Crippen LogP contribution in [0.2, 0.25) is 0 Å². The fourth-order valence-corrected chi connectivity index (χ4v) is 1.79. The predicted octanol–water partition coefficient (Wildman–Crippen LogP) is 2.26. The second-order valence-corrected chi connectivity index (χ2v) is 4.51. The van der Waals surface area contributed by atoms with E-state index in [0.29, 0.717) is 12.8 Å². The second kappa shape index (κ2) is 9.49. The lowest BCUT2D eigenvalue weighted by atomic mass is 10.1. The molecule has 1 rings (SSSR count). The van der Waals surface area contributed by atoms with Gasteiger partial charge in [-0.2, -0.15) is 5.48 Å². The van der Waals surface area contributed by atoms with E-state index in [1.54, 1.807) is 5.48 Å². The molecule has 0 saturated carbocycles. The van der Waals surface area contributed by atoms with Gasteiger partial charge in [-0.15, -0.1) is 0 Å². The van der Waals surface area contributed by atoms with Crippen LogP contribution < -0.4 is 10.8 Å². The lowest BCUT2D eigenvalue weighted by Crippen LogP contribution is -2.24. The van der Waals surface area contributed by atoms with Gasteiger partial charge in [-0.3, -0.25) is 4.79 Å². The zero-order valence-corrected chi connectivity index (χ0v) is 11.0. The first-order valence-corrected chi connectivity index (χ1v) is 6.65. The molecule has 0 heterocycles. The van der Waals surface area contributed by atoms with Gasteiger partial charge in [0.1, 0.15) is 6.23 Å². The van der Waals surface area contributed by atoms with E-state index < -0.39 is 6.23 Å². The summed E-state index contributed by atoms with van der Waals surface area (Å²) in [6.07, 6.45) is 3.73. The molecule has 1 amide bonds. The Morgan fingerprint density at radius 3 is 2.47 bits per heavy atom. The number of nitrogens with one attached hydrogen (secondary N) is 2. The van der Waals surface area contributed by atoms with Crippen LogP contribution in [0.4, 0.5) is 5.69 Å². The summed E-state index contributed by atoms with van der Waals surface area (Å²) in [6.45, 7) is 0. The van der Waals surface area contributed by atoms with Crippen molar-refractivity contribution in [2.45, 2.75) is 44.8 Å². The van der Waals surface area contributed by atoms with Crippen molar-refractivity contribution in [3.8, 4) is 0 Å². The number of hydrogen-bond acceptors (Lipinski definition) is 4. The Kier molecular flexibility index (Phi) is 7.81. The molecule has 0 bridgehead atoms. The molecule has 5 heteroatoms. The molecule has 0 aromatic heterocycles. The summed E-state index contributed by atoms with van der Waals surface area (Å²) >= 11 is 0. The summed E-state index contributed by atoms with van der Waals surface area (Å²) in [5.74, 6) is 0.0308. The van der Waals surface area contributed by atoms with E-state index in [-0.39, 0.29) is 5.91 Å². The monoisotopic (exact) mass is 266 g/mol. The average Bonchev–Trinajstić information content (AvgIpc) is 2.43. The number of aliphatic hydroxyl groups excluding tert-OH is 1. The molecule has 1 unspecified atom stereocenters. The molecule has 1 atom stereocenters. The molecule has 0 aliphatic carbocycles. The molecule has 106 valence electrons. The highest BCUT2D eigenvalue weighted by Gasteiger charge is 2.03. The van der Waals surface area contributed by atoms with Crippen LogP contribution in [0.3, 0.4) is 0 Å². The minimum Gasteiger partial charge on any atom is -0.377 e. The van der Waals surface area contributed by atoms with Crippen molar-refractivity contribution in [2.75, 3.05) is 5.32 Å². The van der Waals surface area contributed by atoms with E-state index >= 15 is 0 Å². The van der Waals surface area contributed by atoms with Gasteiger partial charge in [-0.05, 0) is 31.4 Å². The Labute approximate surface area is 113 Å². The van der Waals surface area contributed by atoms with Crippen molar-refractivity contribution in [3.05, 3.63) is 30.3 Å². The molecule has 0 radical (unpaired) electrons. The minimum absolute atomic E-state index is 0.0308. The maximum Gasteiger partial charge on any atom is 0.224 e. The topological polar surface area (TPSA) is 81.6 Å². The lowest BCUT2D eigenvalue weighted by Gasteiger charge is -2.07. The van der Waals surface area contributed by atoms with Gasteiger partial charge < -0.3 is 15.6 Å². The number of carbonyl (C=O) groups excluding carboxylic acids is 1. The van der Waals surface area contributed by atoms with Crippen LogP contribution in [0.25, 0.3) is 0 Å². The summed E-state index contributed by atoms with van der Waals surface area (Å²) in [4.78, 5) is 11.6. The van der Waals surface area contributed by atoms with E-state index in [1.165, 1.54) is 0 Å². The first-order valence-electron chi connectivity index (χ1n) is 6.65. The van der Waals surface area contributed by atoms with E-state index in [2.05, 4.69) is 5.32 Å². The SMILES string of the molecule is O=C(CCCCCCC(O)NO)Nc1ccccc1. The second-order valence-electron chi connectivity index (χ2n) is 4.51. The van der Waals surface area contributed by atoms with Gasteiger partial charge in [0.05, 0.1) is 0 Å². The zero-order chi connectivity index (χ0) is 13.9. The summed E-state index contributed by atoms with van der Waals surface area (Å²) in [7, 11) is 0. The van der Waals surface area contributed by atoms with Gasteiger partial charge in [0.25, 0.3) is 0 Å². The lowest BCUT2D eigenvalue weighted by molar-refractivity contribution is -0.116. The van der Waals surface area contributed by atoms with Gasteiger partial charge in [0.15, 0.2) is 0 Å². The number of para-hydroxylation sites is 1. The molecule has 0 fully saturated rings. The van der Waals surface area contributed by atoms with Crippen LogP contribution in [0, 0.1) is 0 Å². The van der Waals surface area contributed by atoms with Crippen molar-refractivity contribution in [1.29, 1.82) is 0 Å². The summed E-state index contributed by atoms with van der Waals surface area (Å²) in [6, 6.07) is 9.40. The molecule has 0 aliphatic rings. The molecule has 1 aromatic carbocycles. The minimum atomic E-state index is -0.846. The highest BCUT2D eigenvalue weighted by atomic mass is 16.5. The maximum absolute atomic E-state index is 11.6. The van der Waals surface area contributed by atoms with E-state index in [0.717, 1.165) is 31.4 Å². The highest BCUT2D eigenvalue weighted by molar-refractivity contribution is 5.90. The third-order valence-electron chi connectivity index (χ3n) is 2.84. The molecular weight excluding hydrogens is 244 g/mol. The molecule has 19 heavy (non-hydrogen) atoms. The van der Waals surface area contributed by atoms with Crippen molar-refractivity contribution in [3.63, 3.8) is 0 Å². The van der Waals surface area contributed by atoms with Gasteiger partial charge >= 0.3 is 0 Å². The third kappa shape index (κ3) is 7.56. The van der Waals surface area contributed by atoms with Crippen molar-refractivity contribution < 1.29 is 15.1 Å². The summed E-state index contributed by atoms with van der Waals surface area (Å²) in [5.41, 5.74) is 2.62. The average molecular weight is 266 g/mol. The summed E-state index contributed by atoms with van der Waals surface area (Å²) < 4.78 is 0. The predicted molar refractivity (Wildman–Crippen MR) is 73.7 cm³/mol. The Balaban J connectivity index is 2.02. The molecule has 5 nitrogen and oxygen atoms in total. The van der Waals surface area contributed by atoms with Gasteiger partial charge in [-0.25, -0.2) is 0 Å². The number of unbranched alkanes of at least 4 members (excludes halogenated alkanes) is 3. The van der Waals surface area contributed by atoms with Gasteiger partial charge in [0, 0.05) is 12.1 Å². The Morgan fingerprint density at radius 1 is 1.11 bits per heavy atom. The van der Waals surface area contributed by atoms with Crippen LogP contribution in [0.15, 0.2) is 30.3 Å². The number of benzene rings is 1. The first kappa shape index (κ1) is 15.6. The van der Waals surface area contributed by atoms with Crippen LogP contribution in [0.1, 0.15) is 38.5 Å². The number of aliphatic hydroxyl groups is 1. The van der Waals surface area contributed by atoms with E-state index in [9.17, 15) is 4.79 Å². The highest BCUT2D eigenvalue weighted by Crippen LogP contribution is 2.09. The van der Waals surface area contributed by atoms with Crippen molar-refractivity contribution in [1.82, 2.24) is 5.48 Å². The molecule has 1 aromatic rings.